The highest BCUT2D eigenvalue weighted by molar-refractivity contribution is 7.07. The van der Waals surface area contributed by atoms with Gasteiger partial charge < -0.3 is 4.74 Å². The molecule has 31 heavy (non-hydrogen) atoms. The summed E-state index contributed by atoms with van der Waals surface area (Å²) in [5.74, 6) is -0.157. The van der Waals surface area contributed by atoms with E-state index < -0.39 is 22.6 Å². The summed E-state index contributed by atoms with van der Waals surface area (Å²) < 4.78 is 8.09. The lowest BCUT2D eigenvalue weighted by molar-refractivity contribution is -0.384. The van der Waals surface area contributed by atoms with E-state index in [4.69, 9.17) is 4.74 Å². The van der Waals surface area contributed by atoms with Crippen LogP contribution in [0.15, 0.2) is 58.3 Å². The summed E-state index contributed by atoms with van der Waals surface area (Å²) in [6.45, 7) is 3.25. The maximum absolute atomic E-state index is 13.4. The van der Waals surface area contributed by atoms with E-state index in [1.165, 1.54) is 30.4 Å². The minimum absolute atomic E-state index is 0.0535. The largest absolute Gasteiger partial charge is 0.465 e. The van der Waals surface area contributed by atoms with Gasteiger partial charge in [-0.1, -0.05) is 41.7 Å². The summed E-state index contributed by atoms with van der Waals surface area (Å²) in [6, 6.07) is 12.9. The molecule has 3 heterocycles. The SMILES string of the molecule is CC(=O)[C@@H]1[C@H]2c3ccccc3O[C@@]1(C)N=c1s/c(=C\c3cccc([N+](=O)[O-])c3)c(=O)n12. The minimum Gasteiger partial charge on any atom is -0.465 e. The molecule has 9 heteroatoms. The Kier molecular flexibility index (Phi) is 4.19. The molecule has 2 aliphatic heterocycles. The van der Waals surface area contributed by atoms with Gasteiger partial charge in [0, 0.05) is 17.7 Å². The molecule has 0 unspecified atom stereocenters. The van der Waals surface area contributed by atoms with Gasteiger partial charge in [0.15, 0.2) is 4.80 Å². The Morgan fingerprint density at radius 1 is 1.29 bits per heavy atom. The highest BCUT2D eigenvalue weighted by atomic mass is 32.1. The lowest BCUT2D eigenvalue weighted by Crippen LogP contribution is -2.58. The number of nitro benzene ring substituents is 1. The Hall–Kier alpha value is -3.59. The van der Waals surface area contributed by atoms with Crippen LogP contribution in [0.5, 0.6) is 5.75 Å². The van der Waals surface area contributed by atoms with Gasteiger partial charge in [-0.15, -0.1) is 0 Å². The minimum atomic E-state index is -1.12. The Morgan fingerprint density at radius 3 is 2.81 bits per heavy atom. The van der Waals surface area contributed by atoms with Crippen LogP contribution in [0.2, 0.25) is 0 Å². The molecule has 1 aromatic heterocycles. The first-order valence-corrected chi connectivity index (χ1v) is 10.5. The topological polar surface area (TPSA) is 104 Å². The molecule has 3 aromatic rings. The third-order valence-corrected chi connectivity index (χ3v) is 6.68. The van der Waals surface area contributed by atoms with E-state index in [1.807, 2.05) is 24.3 Å². The fraction of sp³-hybridized carbons (Fsp3) is 0.227. The second-order valence-electron chi connectivity index (χ2n) is 7.76. The smallest absolute Gasteiger partial charge is 0.270 e. The summed E-state index contributed by atoms with van der Waals surface area (Å²) in [5, 5.41) is 11.1. The number of hydrogen-bond acceptors (Lipinski definition) is 7. The van der Waals surface area contributed by atoms with Crippen molar-refractivity contribution in [2.24, 2.45) is 10.9 Å². The zero-order valence-electron chi connectivity index (χ0n) is 16.6. The molecule has 0 N–H and O–H groups in total. The van der Waals surface area contributed by atoms with E-state index in [2.05, 4.69) is 4.99 Å². The second-order valence-corrected chi connectivity index (χ2v) is 8.77. The number of ether oxygens (including phenoxy) is 1. The van der Waals surface area contributed by atoms with Crippen LogP contribution in [0.1, 0.15) is 31.0 Å². The number of ketones is 1. The standard InChI is InChI=1S/C22H17N3O5S/c1-12(26)18-19-15-8-3-4-9-16(15)30-22(18,2)23-21-24(19)20(27)17(31-21)11-13-6-5-7-14(10-13)25(28)29/h3-11,18-19H,1-2H3/b17-11-/t18-,19-,22-/m1/s1. The summed E-state index contributed by atoms with van der Waals surface area (Å²) in [4.78, 5) is 41.8. The van der Waals surface area contributed by atoms with Crippen LogP contribution in [0.3, 0.4) is 0 Å². The maximum Gasteiger partial charge on any atom is 0.270 e. The first kappa shape index (κ1) is 19.4. The molecular formula is C22H17N3O5S. The van der Waals surface area contributed by atoms with Crippen LogP contribution >= 0.6 is 11.3 Å². The number of thiazole rings is 1. The number of benzene rings is 2. The number of Topliss-reactive ketones (excluding diaryl/α,β-unsaturated/α-hetero) is 1. The zero-order valence-corrected chi connectivity index (χ0v) is 17.5. The molecule has 2 bridgehead atoms. The van der Waals surface area contributed by atoms with Crippen LogP contribution in [-0.2, 0) is 4.79 Å². The number of carbonyl (C=O) groups is 1. The van der Waals surface area contributed by atoms with Crippen LogP contribution in [0, 0.1) is 16.0 Å². The van der Waals surface area contributed by atoms with Crippen molar-refractivity contribution >= 4 is 28.9 Å². The Labute approximate surface area is 179 Å². The molecule has 5 rings (SSSR count). The highest BCUT2D eigenvalue weighted by Gasteiger charge is 2.53. The number of fused-ring (bicyclic) bond motifs is 6. The molecule has 0 saturated heterocycles. The third kappa shape index (κ3) is 2.92. The molecular weight excluding hydrogens is 418 g/mol. The van der Waals surface area contributed by atoms with Crippen molar-refractivity contribution in [2.45, 2.75) is 25.6 Å². The van der Waals surface area contributed by atoms with Crippen LogP contribution < -0.4 is 19.6 Å². The van der Waals surface area contributed by atoms with E-state index in [0.717, 1.165) is 5.56 Å². The number of rotatable bonds is 3. The highest BCUT2D eigenvalue weighted by Crippen LogP contribution is 2.47. The van der Waals surface area contributed by atoms with E-state index in [0.29, 0.717) is 20.6 Å². The lowest BCUT2D eigenvalue weighted by Gasteiger charge is -2.45. The van der Waals surface area contributed by atoms with Gasteiger partial charge in [-0.3, -0.25) is 24.3 Å². The zero-order chi connectivity index (χ0) is 21.9. The number of para-hydroxylation sites is 1. The first-order chi connectivity index (χ1) is 14.8. The summed E-state index contributed by atoms with van der Waals surface area (Å²) in [5.41, 5.74) is -0.157. The van der Waals surface area contributed by atoms with Crippen molar-refractivity contribution in [3.8, 4) is 5.75 Å². The molecule has 0 saturated carbocycles. The van der Waals surface area contributed by atoms with Crippen LogP contribution in [0.4, 0.5) is 5.69 Å². The number of non-ortho nitro benzene ring substituents is 1. The number of nitro groups is 1. The number of nitrogens with zero attached hydrogens (tertiary/aromatic N) is 3. The van der Waals surface area contributed by atoms with Gasteiger partial charge in [-0.05, 0) is 31.6 Å². The average Bonchev–Trinajstić information content (AvgIpc) is 3.01. The summed E-state index contributed by atoms with van der Waals surface area (Å²) in [7, 11) is 0. The average molecular weight is 435 g/mol. The molecule has 3 atom stereocenters. The van der Waals surface area contributed by atoms with E-state index in [-0.39, 0.29) is 17.0 Å². The van der Waals surface area contributed by atoms with Gasteiger partial charge in [-0.2, -0.15) is 0 Å². The number of hydrogen-bond donors (Lipinski definition) is 0. The van der Waals surface area contributed by atoms with Gasteiger partial charge >= 0.3 is 0 Å². The predicted octanol–water partition coefficient (Wildman–Crippen LogP) is 2.18. The van der Waals surface area contributed by atoms with Gasteiger partial charge in [0.25, 0.3) is 11.2 Å². The van der Waals surface area contributed by atoms with E-state index in [9.17, 15) is 19.7 Å². The van der Waals surface area contributed by atoms with Gasteiger partial charge in [-0.25, -0.2) is 4.99 Å². The first-order valence-electron chi connectivity index (χ1n) is 9.64. The quantitative estimate of drug-likeness (QED) is 0.463. The van der Waals surface area contributed by atoms with Crippen molar-refractivity contribution in [3.63, 3.8) is 0 Å². The Morgan fingerprint density at radius 2 is 2.06 bits per heavy atom. The van der Waals surface area contributed by atoms with Gasteiger partial charge in [0.05, 0.1) is 15.5 Å². The number of carbonyl (C=O) groups excluding carboxylic acids is 1. The van der Waals surface area contributed by atoms with Crippen molar-refractivity contribution in [1.82, 2.24) is 4.57 Å². The van der Waals surface area contributed by atoms with Crippen molar-refractivity contribution < 1.29 is 14.5 Å². The van der Waals surface area contributed by atoms with Crippen molar-refractivity contribution in [3.05, 3.63) is 89.5 Å². The predicted molar refractivity (Wildman–Crippen MR) is 114 cm³/mol. The molecule has 0 amide bonds. The molecule has 2 aliphatic rings. The van der Waals surface area contributed by atoms with Crippen LogP contribution in [-0.4, -0.2) is 21.0 Å². The molecule has 8 nitrogen and oxygen atoms in total. The normalized spacial score (nSPS) is 23.9. The monoisotopic (exact) mass is 435 g/mol. The Bertz CT molecular complexity index is 1440. The number of aromatic nitrogens is 1. The molecule has 0 aliphatic carbocycles. The molecule has 156 valence electrons. The van der Waals surface area contributed by atoms with Gasteiger partial charge in [0.2, 0.25) is 5.72 Å². The summed E-state index contributed by atoms with van der Waals surface area (Å²) >= 11 is 1.18. The van der Waals surface area contributed by atoms with Gasteiger partial charge in [0.1, 0.15) is 17.5 Å². The van der Waals surface area contributed by atoms with Crippen molar-refractivity contribution in [2.75, 3.05) is 0 Å². The molecule has 0 radical (unpaired) electrons. The molecule has 0 spiro atoms. The maximum atomic E-state index is 13.4. The second kappa shape index (κ2) is 6.71. The fourth-order valence-electron chi connectivity index (χ4n) is 4.44. The Balaban J connectivity index is 1.77. The van der Waals surface area contributed by atoms with E-state index in [1.54, 1.807) is 29.7 Å². The molecule has 0 fully saturated rings. The van der Waals surface area contributed by atoms with Crippen LogP contribution in [0.25, 0.3) is 6.08 Å². The van der Waals surface area contributed by atoms with Crippen molar-refractivity contribution in [1.29, 1.82) is 0 Å². The lowest BCUT2D eigenvalue weighted by atomic mass is 9.79. The fourth-order valence-corrected chi connectivity index (χ4v) is 5.53. The summed E-state index contributed by atoms with van der Waals surface area (Å²) in [6.07, 6.45) is 1.61. The van der Waals surface area contributed by atoms with E-state index >= 15 is 0 Å². The third-order valence-electron chi connectivity index (χ3n) is 5.70. The molecule has 2 aromatic carbocycles.